The van der Waals surface area contributed by atoms with E-state index in [0.717, 1.165) is 30.4 Å². The van der Waals surface area contributed by atoms with E-state index in [1.165, 1.54) is 32.1 Å². The minimum absolute atomic E-state index is 0.726. The van der Waals surface area contributed by atoms with Gasteiger partial charge in [-0.15, -0.1) is 0 Å². The van der Waals surface area contributed by atoms with Gasteiger partial charge in [0.15, 0.2) is 0 Å². The molecule has 1 heterocycles. The molecule has 1 aromatic heterocycles. The van der Waals surface area contributed by atoms with Crippen molar-refractivity contribution in [2.75, 3.05) is 12.3 Å². The van der Waals surface area contributed by atoms with Gasteiger partial charge in [-0.25, -0.2) is 0 Å². The van der Waals surface area contributed by atoms with Crippen molar-refractivity contribution in [1.29, 1.82) is 0 Å². The summed E-state index contributed by atoms with van der Waals surface area (Å²) < 4.78 is 0. The molecule has 0 bridgehead atoms. The smallest absolute Gasteiger partial charge is 0.0543 e. The van der Waals surface area contributed by atoms with Crippen LogP contribution in [0.2, 0.25) is 0 Å². The van der Waals surface area contributed by atoms with Crippen LogP contribution in [0.15, 0.2) is 18.3 Å². The summed E-state index contributed by atoms with van der Waals surface area (Å²) in [5, 5.41) is 3.42. The van der Waals surface area contributed by atoms with Crippen molar-refractivity contribution in [1.82, 2.24) is 10.3 Å². The number of hydrogen-bond donors (Lipinski definition) is 2. The lowest BCUT2D eigenvalue weighted by Gasteiger charge is -2.06. The first kappa shape index (κ1) is 15.0. The highest BCUT2D eigenvalue weighted by molar-refractivity contribution is 5.34. The molecule has 0 spiro atoms. The number of pyridine rings is 1. The van der Waals surface area contributed by atoms with Crippen LogP contribution in [0.5, 0.6) is 0 Å². The zero-order valence-corrected chi connectivity index (χ0v) is 11.8. The molecule has 0 radical (unpaired) electrons. The Bertz CT molecular complexity index is 306. The molecule has 3 nitrogen and oxygen atoms in total. The van der Waals surface area contributed by atoms with Crippen molar-refractivity contribution in [3.63, 3.8) is 0 Å². The van der Waals surface area contributed by atoms with Gasteiger partial charge in [-0.3, -0.25) is 4.98 Å². The Kier molecular flexibility index (Phi) is 7.42. The molecule has 0 unspecified atom stereocenters. The summed E-state index contributed by atoms with van der Waals surface area (Å²) in [5.74, 6) is 0.847. The van der Waals surface area contributed by atoms with Crippen LogP contribution in [0.1, 0.15) is 51.6 Å². The van der Waals surface area contributed by atoms with Gasteiger partial charge in [0.25, 0.3) is 0 Å². The molecular weight excluding hydrogens is 222 g/mol. The van der Waals surface area contributed by atoms with Crippen molar-refractivity contribution < 1.29 is 0 Å². The quantitative estimate of drug-likeness (QED) is 0.660. The largest absolute Gasteiger partial charge is 0.397 e. The first-order chi connectivity index (χ1) is 8.68. The molecule has 18 heavy (non-hydrogen) atoms. The lowest BCUT2D eigenvalue weighted by molar-refractivity contribution is 0.511. The van der Waals surface area contributed by atoms with Gasteiger partial charge in [0, 0.05) is 6.54 Å². The number of unbranched alkanes of at least 4 members (excludes halogenated alkanes) is 3. The molecule has 0 aliphatic rings. The second kappa shape index (κ2) is 8.92. The highest BCUT2D eigenvalue weighted by atomic mass is 14.9. The van der Waals surface area contributed by atoms with Crippen molar-refractivity contribution in [2.45, 2.75) is 52.5 Å². The SMILES string of the molecule is CC(C)CCCCCCNCc1ccc(N)cn1. The summed E-state index contributed by atoms with van der Waals surface area (Å²) in [5.41, 5.74) is 7.37. The van der Waals surface area contributed by atoms with Gasteiger partial charge >= 0.3 is 0 Å². The number of nitrogen functional groups attached to an aromatic ring is 1. The molecule has 0 atom stereocenters. The average molecular weight is 249 g/mol. The molecule has 0 fully saturated rings. The first-order valence-corrected chi connectivity index (χ1v) is 7.09. The fraction of sp³-hybridized carbons (Fsp3) is 0.667. The number of nitrogens with zero attached hydrogens (tertiary/aromatic N) is 1. The molecule has 3 N–H and O–H groups in total. The highest BCUT2D eigenvalue weighted by Crippen LogP contribution is 2.09. The molecule has 1 rings (SSSR count). The van der Waals surface area contributed by atoms with E-state index < -0.39 is 0 Å². The van der Waals surface area contributed by atoms with Crippen LogP contribution in [-0.4, -0.2) is 11.5 Å². The third-order valence-corrected chi connectivity index (χ3v) is 3.04. The van der Waals surface area contributed by atoms with E-state index in [0.29, 0.717) is 0 Å². The Balaban J connectivity index is 1.94. The zero-order valence-electron chi connectivity index (χ0n) is 11.8. The van der Waals surface area contributed by atoms with Crippen molar-refractivity contribution in [2.24, 2.45) is 5.92 Å². The fourth-order valence-corrected chi connectivity index (χ4v) is 1.91. The summed E-state index contributed by atoms with van der Waals surface area (Å²) in [6, 6.07) is 3.88. The predicted octanol–water partition coefficient (Wildman–Crippen LogP) is 3.36. The van der Waals surface area contributed by atoms with Gasteiger partial charge in [-0.2, -0.15) is 0 Å². The maximum atomic E-state index is 5.59. The second-order valence-electron chi connectivity index (χ2n) is 5.36. The van der Waals surface area contributed by atoms with E-state index in [4.69, 9.17) is 5.73 Å². The third kappa shape index (κ3) is 7.28. The normalized spacial score (nSPS) is 11.1. The van der Waals surface area contributed by atoms with Gasteiger partial charge in [0.1, 0.15) is 0 Å². The number of anilines is 1. The average Bonchev–Trinajstić information content (AvgIpc) is 2.34. The molecule has 0 saturated heterocycles. The topological polar surface area (TPSA) is 50.9 Å². The van der Waals surface area contributed by atoms with Gasteiger partial charge in [-0.05, 0) is 31.0 Å². The molecule has 0 aliphatic carbocycles. The first-order valence-electron chi connectivity index (χ1n) is 7.09. The summed E-state index contributed by atoms with van der Waals surface area (Å²) in [6.45, 7) is 6.50. The number of nitrogens with one attached hydrogen (secondary N) is 1. The summed E-state index contributed by atoms with van der Waals surface area (Å²) in [4.78, 5) is 4.26. The van der Waals surface area contributed by atoms with Crippen LogP contribution in [0.4, 0.5) is 5.69 Å². The van der Waals surface area contributed by atoms with Crippen LogP contribution in [-0.2, 0) is 6.54 Å². The van der Waals surface area contributed by atoms with Crippen molar-refractivity contribution in [3.05, 3.63) is 24.0 Å². The zero-order chi connectivity index (χ0) is 13.2. The Morgan fingerprint density at radius 2 is 1.94 bits per heavy atom. The number of nitrogens with two attached hydrogens (primary N) is 1. The Morgan fingerprint density at radius 3 is 2.61 bits per heavy atom. The standard InChI is InChI=1S/C15H27N3/c1-13(2)7-5-3-4-6-10-17-12-15-9-8-14(16)11-18-15/h8-9,11,13,17H,3-7,10,12,16H2,1-2H3. The summed E-state index contributed by atoms with van der Waals surface area (Å²) in [7, 11) is 0. The lowest BCUT2D eigenvalue weighted by Crippen LogP contribution is -2.15. The van der Waals surface area contributed by atoms with Gasteiger partial charge < -0.3 is 11.1 Å². The van der Waals surface area contributed by atoms with Crippen LogP contribution in [0.3, 0.4) is 0 Å². The predicted molar refractivity (Wildman–Crippen MR) is 78.3 cm³/mol. The van der Waals surface area contributed by atoms with Crippen molar-refractivity contribution in [3.8, 4) is 0 Å². The van der Waals surface area contributed by atoms with Gasteiger partial charge in [-0.1, -0.05) is 39.5 Å². The summed E-state index contributed by atoms with van der Waals surface area (Å²) >= 11 is 0. The Morgan fingerprint density at radius 1 is 1.17 bits per heavy atom. The van der Waals surface area contributed by atoms with Gasteiger partial charge in [0.05, 0.1) is 17.6 Å². The van der Waals surface area contributed by atoms with Crippen molar-refractivity contribution >= 4 is 5.69 Å². The van der Waals surface area contributed by atoms with Crippen LogP contribution in [0.25, 0.3) is 0 Å². The third-order valence-electron chi connectivity index (χ3n) is 3.04. The maximum Gasteiger partial charge on any atom is 0.0543 e. The van der Waals surface area contributed by atoms with E-state index in [1.807, 2.05) is 12.1 Å². The minimum atomic E-state index is 0.726. The molecular formula is C15H27N3. The fourth-order valence-electron chi connectivity index (χ4n) is 1.91. The van der Waals surface area contributed by atoms with E-state index in [1.54, 1.807) is 6.20 Å². The molecule has 0 saturated carbocycles. The molecule has 0 amide bonds. The maximum absolute atomic E-state index is 5.59. The molecule has 0 aliphatic heterocycles. The van der Waals surface area contributed by atoms with Crippen LogP contribution < -0.4 is 11.1 Å². The molecule has 3 heteroatoms. The second-order valence-corrected chi connectivity index (χ2v) is 5.36. The monoisotopic (exact) mass is 249 g/mol. The summed E-state index contributed by atoms with van der Waals surface area (Å²) in [6.07, 6.45) is 8.39. The van der Waals surface area contributed by atoms with E-state index in [-0.39, 0.29) is 0 Å². The highest BCUT2D eigenvalue weighted by Gasteiger charge is 1.96. The molecule has 0 aromatic carbocycles. The number of aromatic nitrogens is 1. The van der Waals surface area contributed by atoms with Crippen LogP contribution in [0, 0.1) is 5.92 Å². The number of hydrogen-bond acceptors (Lipinski definition) is 3. The minimum Gasteiger partial charge on any atom is -0.397 e. The van der Waals surface area contributed by atoms with E-state index in [9.17, 15) is 0 Å². The lowest BCUT2D eigenvalue weighted by atomic mass is 10.0. The molecule has 1 aromatic rings. The van der Waals surface area contributed by atoms with Gasteiger partial charge in [0.2, 0.25) is 0 Å². The Hall–Kier alpha value is -1.09. The molecule has 102 valence electrons. The number of rotatable bonds is 9. The van der Waals surface area contributed by atoms with Crippen LogP contribution >= 0.6 is 0 Å². The van der Waals surface area contributed by atoms with E-state index in [2.05, 4.69) is 24.1 Å². The Labute approximate surface area is 111 Å². The van der Waals surface area contributed by atoms with E-state index >= 15 is 0 Å².